The van der Waals surface area contributed by atoms with Gasteiger partial charge in [0.1, 0.15) is 3.70 Å². The number of pyridine rings is 1. The average molecular weight is 377 g/mol. The van der Waals surface area contributed by atoms with Crippen molar-refractivity contribution in [3.8, 4) is 11.8 Å². The van der Waals surface area contributed by atoms with Crippen molar-refractivity contribution in [3.05, 3.63) is 21.0 Å². The highest BCUT2D eigenvalue weighted by molar-refractivity contribution is 14.1. The molecule has 1 aromatic rings. The molecule has 0 spiro atoms. The van der Waals surface area contributed by atoms with Crippen molar-refractivity contribution in [2.24, 2.45) is 0 Å². The second-order valence-electron chi connectivity index (χ2n) is 2.89. The van der Waals surface area contributed by atoms with E-state index in [-0.39, 0.29) is 17.9 Å². The van der Waals surface area contributed by atoms with Crippen molar-refractivity contribution in [2.45, 2.75) is 18.7 Å². The minimum atomic E-state index is -4.82. The van der Waals surface area contributed by atoms with E-state index >= 15 is 0 Å². The van der Waals surface area contributed by atoms with Crippen LogP contribution < -0.4 is 4.74 Å². The van der Waals surface area contributed by atoms with E-state index in [1.807, 2.05) is 22.6 Å². The number of aromatic nitrogens is 1. The van der Waals surface area contributed by atoms with Crippen molar-refractivity contribution in [3.63, 3.8) is 0 Å². The summed E-state index contributed by atoms with van der Waals surface area (Å²) in [5.41, 5.74) is 0.509. The minimum Gasteiger partial charge on any atom is -0.404 e. The van der Waals surface area contributed by atoms with Crippen molar-refractivity contribution >= 4 is 34.2 Å². The Morgan fingerprint density at radius 1 is 1.47 bits per heavy atom. The summed E-state index contributed by atoms with van der Waals surface area (Å²) in [4.78, 5) is 3.74. The molecule has 0 saturated heterocycles. The van der Waals surface area contributed by atoms with E-state index in [0.29, 0.717) is 9.26 Å². The van der Waals surface area contributed by atoms with Crippen LogP contribution >= 0.6 is 34.2 Å². The smallest absolute Gasteiger partial charge is 0.404 e. The molecule has 1 rings (SSSR count). The van der Waals surface area contributed by atoms with Crippen molar-refractivity contribution in [1.29, 1.82) is 5.26 Å². The van der Waals surface area contributed by atoms with E-state index < -0.39 is 12.1 Å². The molecule has 0 aliphatic heterocycles. The molecular weight excluding hydrogens is 371 g/mol. The van der Waals surface area contributed by atoms with Crippen LogP contribution in [0.5, 0.6) is 5.75 Å². The first-order chi connectivity index (χ1) is 7.89. The van der Waals surface area contributed by atoms with Crippen LogP contribution in [0.2, 0.25) is 0 Å². The van der Waals surface area contributed by atoms with Gasteiger partial charge < -0.3 is 4.74 Å². The van der Waals surface area contributed by atoms with Gasteiger partial charge in [-0.3, -0.25) is 0 Å². The summed E-state index contributed by atoms with van der Waals surface area (Å²) >= 11 is 7.46. The molecule has 0 radical (unpaired) electrons. The monoisotopic (exact) mass is 376 g/mol. The first-order valence-electron chi connectivity index (χ1n) is 4.24. The number of rotatable bonds is 3. The van der Waals surface area contributed by atoms with Crippen LogP contribution in [0.15, 0.2) is 6.20 Å². The lowest BCUT2D eigenvalue weighted by Gasteiger charge is -2.14. The van der Waals surface area contributed by atoms with E-state index in [0.717, 1.165) is 6.20 Å². The second kappa shape index (κ2) is 5.73. The van der Waals surface area contributed by atoms with E-state index in [9.17, 15) is 13.2 Å². The normalized spacial score (nSPS) is 11.1. The van der Waals surface area contributed by atoms with Crippen LogP contribution in [0.1, 0.15) is 11.1 Å². The Morgan fingerprint density at radius 3 is 2.59 bits per heavy atom. The Balaban J connectivity index is 3.26. The standard InChI is InChI=1S/C9H5ClF3IN2O/c10-3-6-5(1-2-15)7(4-16-8(6)14)17-9(11,12)13/h4H,1,3H2. The quantitative estimate of drug-likeness (QED) is 0.461. The van der Waals surface area contributed by atoms with Crippen LogP contribution in [0, 0.1) is 15.0 Å². The van der Waals surface area contributed by atoms with E-state index in [2.05, 4.69) is 9.72 Å². The maximum atomic E-state index is 12.1. The zero-order valence-electron chi connectivity index (χ0n) is 8.18. The fourth-order valence-electron chi connectivity index (χ4n) is 1.17. The van der Waals surface area contributed by atoms with Gasteiger partial charge in [0.15, 0.2) is 5.75 Å². The van der Waals surface area contributed by atoms with Crippen LogP contribution in [-0.2, 0) is 12.3 Å². The molecule has 0 aromatic carbocycles. The van der Waals surface area contributed by atoms with E-state index in [1.54, 1.807) is 6.07 Å². The first-order valence-corrected chi connectivity index (χ1v) is 5.85. The number of ether oxygens (including phenoxy) is 1. The summed E-state index contributed by atoms with van der Waals surface area (Å²) in [5.74, 6) is -0.507. The van der Waals surface area contributed by atoms with Crippen LogP contribution in [-0.4, -0.2) is 11.3 Å². The number of hydrogen-bond donors (Lipinski definition) is 0. The number of alkyl halides is 4. The molecular formula is C9H5ClF3IN2O. The number of hydrogen-bond acceptors (Lipinski definition) is 3. The third kappa shape index (κ3) is 3.89. The summed E-state index contributed by atoms with van der Waals surface area (Å²) in [6.45, 7) is 0. The molecule has 0 aliphatic rings. The van der Waals surface area contributed by atoms with Crippen molar-refractivity contribution in [1.82, 2.24) is 4.98 Å². The highest BCUT2D eigenvalue weighted by atomic mass is 127. The SMILES string of the molecule is N#CCc1c(OC(F)(F)F)cnc(I)c1CCl. The van der Waals surface area contributed by atoms with Crippen molar-refractivity contribution < 1.29 is 17.9 Å². The second-order valence-corrected chi connectivity index (χ2v) is 4.18. The Kier molecular flexibility index (Phi) is 4.82. The van der Waals surface area contributed by atoms with Gasteiger partial charge in [-0.25, -0.2) is 4.98 Å². The topological polar surface area (TPSA) is 45.9 Å². The van der Waals surface area contributed by atoms with Gasteiger partial charge in [0.25, 0.3) is 0 Å². The molecule has 0 unspecified atom stereocenters. The highest BCUT2D eigenvalue weighted by Gasteiger charge is 2.33. The molecule has 8 heteroatoms. The Hall–Kier alpha value is -0.750. The third-order valence-electron chi connectivity index (χ3n) is 1.82. The largest absolute Gasteiger partial charge is 0.573 e. The number of nitrogens with zero attached hydrogens (tertiary/aromatic N) is 2. The maximum absolute atomic E-state index is 12.1. The van der Waals surface area contributed by atoms with Crippen LogP contribution in [0.25, 0.3) is 0 Å². The van der Waals surface area contributed by atoms with Gasteiger partial charge in [0.2, 0.25) is 0 Å². The number of nitriles is 1. The molecule has 0 atom stereocenters. The lowest BCUT2D eigenvalue weighted by Crippen LogP contribution is -2.19. The predicted octanol–water partition coefficient (Wildman–Crippen LogP) is 3.39. The molecule has 1 heterocycles. The van der Waals surface area contributed by atoms with Crippen LogP contribution in [0.3, 0.4) is 0 Å². The van der Waals surface area contributed by atoms with Gasteiger partial charge in [-0.1, -0.05) is 0 Å². The average Bonchev–Trinajstić information content (AvgIpc) is 2.21. The Labute approximate surface area is 114 Å². The highest BCUT2D eigenvalue weighted by Crippen LogP contribution is 2.30. The molecule has 0 bridgehead atoms. The Bertz CT molecular complexity index is 459. The van der Waals surface area contributed by atoms with E-state index in [1.165, 1.54) is 0 Å². The van der Waals surface area contributed by atoms with Gasteiger partial charge >= 0.3 is 6.36 Å². The summed E-state index contributed by atoms with van der Waals surface area (Å²) in [6, 6.07) is 1.77. The molecule has 0 saturated carbocycles. The van der Waals surface area contributed by atoms with Gasteiger partial charge in [-0.05, 0) is 22.6 Å². The van der Waals surface area contributed by atoms with Gasteiger partial charge in [-0.15, -0.1) is 24.8 Å². The molecule has 0 amide bonds. The summed E-state index contributed by atoms with van der Waals surface area (Å²) in [7, 11) is 0. The lowest BCUT2D eigenvalue weighted by molar-refractivity contribution is -0.275. The predicted molar refractivity (Wildman–Crippen MR) is 62.5 cm³/mol. The van der Waals surface area contributed by atoms with E-state index in [4.69, 9.17) is 16.9 Å². The number of halogens is 5. The molecule has 0 aliphatic carbocycles. The summed E-state index contributed by atoms with van der Waals surface area (Å²) in [5, 5.41) is 8.60. The fourth-order valence-corrected chi connectivity index (χ4v) is 2.33. The molecule has 92 valence electrons. The van der Waals surface area contributed by atoms with Gasteiger partial charge in [0, 0.05) is 11.1 Å². The summed E-state index contributed by atoms with van der Waals surface area (Å²) < 4.78 is 40.7. The van der Waals surface area contributed by atoms with Crippen LogP contribution in [0.4, 0.5) is 13.2 Å². The third-order valence-corrected chi connectivity index (χ3v) is 3.02. The molecule has 17 heavy (non-hydrogen) atoms. The molecule has 0 fully saturated rings. The summed E-state index contributed by atoms with van der Waals surface area (Å²) in [6.07, 6.45) is -4.09. The zero-order valence-corrected chi connectivity index (χ0v) is 11.1. The minimum absolute atomic E-state index is 0.0304. The fraction of sp³-hybridized carbons (Fsp3) is 0.333. The molecule has 0 N–H and O–H groups in total. The molecule has 3 nitrogen and oxygen atoms in total. The van der Waals surface area contributed by atoms with Crippen molar-refractivity contribution in [2.75, 3.05) is 0 Å². The zero-order chi connectivity index (χ0) is 13.1. The van der Waals surface area contributed by atoms with Gasteiger partial charge in [-0.2, -0.15) is 5.26 Å². The maximum Gasteiger partial charge on any atom is 0.573 e. The lowest BCUT2D eigenvalue weighted by atomic mass is 10.1. The Morgan fingerprint density at radius 2 is 2.12 bits per heavy atom. The first kappa shape index (κ1) is 14.3. The van der Waals surface area contributed by atoms with Gasteiger partial charge in [0.05, 0.1) is 24.6 Å². The molecule has 1 aromatic heterocycles.